The van der Waals surface area contributed by atoms with Crippen molar-refractivity contribution in [2.24, 2.45) is 0 Å². The van der Waals surface area contributed by atoms with Gasteiger partial charge in [-0.2, -0.15) is 0 Å². The van der Waals surface area contributed by atoms with Crippen molar-refractivity contribution in [2.45, 2.75) is 90.9 Å². The maximum atomic E-state index is 10.1. The molecular formula is C16H35MoO2PS2. The van der Waals surface area contributed by atoms with Crippen LogP contribution in [-0.2, 0) is 37.4 Å². The number of hydrogen-bond donors (Lipinski definition) is 1. The quantitative estimate of drug-likeness (QED) is 0.162. The van der Waals surface area contributed by atoms with Crippen molar-refractivity contribution in [1.82, 2.24) is 0 Å². The smallest absolute Gasteiger partial charge is 0.244 e. The summed E-state index contributed by atoms with van der Waals surface area (Å²) in [5, 5.41) is 0. The third-order valence-electron chi connectivity index (χ3n) is 3.50. The van der Waals surface area contributed by atoms with Crippen molar-refractivity contribution in [1.29, 1.82) is 0 Å². The largest absolute Gasteiger partial charge is 0.337 e. The first-order valence-corrected chi connectivity index (χ1v) is 13.0. The van der Waals surface area contributed by atoms with E-state index in [1.807, 2.05) is 0 Å². The van der Waals surface area contributed by atoms with Gasteiger partial charge in [0.2, 0.25) is 5.69 Å². The fourth-order valence-corrected chi connectivity index (χ4v) is 5.58. The van der Waals surface area contributed by atoms with Crippen LogP contribution < -0.4 is 0 Å². The van der Waals surface area contributed by atoms with Gasteiger partial charge in [0.1, 0.15) is 0 Å². The molecule has 1 unspecified atom stereocenters. The topological polar surface area (TPSA) is 29.5 Å². The van der Waals surface area contributed by atoms with Crippen LogP contribution in [0.3, 0.4) is 0 Å². The Morgan fingerprint density at radius 2 is 1.27 bits per heavy atom. The fourth-order valence-electron chi connectivity index (χ4n) is 2.16. The van der Waals surface area contributed by atoms with E-state index in [1.165, 1.54) is 75.6 Å². The minimum absolute atomic E-state index is 0. The molecule has 0 aliphatic carbocycles. The molecule has 134 valence electrons. The van der Waals surface area contributed by atoms with Crippen LogP contribution in [0.5, 0.6) is 0 Å². The van der Waals surface area contributed by atoms with Crippen LogP contribution in [0.2, 0.25) is 0 Å². The monoisotopic (exact) mass is 452 g/mol. The Kier molecular flexibility index (Phi) is 22.2. The second-order valence-electron chi connectivity index (χ2n) is 5.67. The summed E-state index contributed by atoms with van der Waals surface area (Å²) in [6.07, 6.45) is 15.1. The molecule has 0 aromatic rings. The Balaban J connectivity index is 0. The average Bonchev–Trinajstić information content (AvgIpc) is 2.45. The Morgan fingerprint density at radius 3 is 1.82 bits per heavy atom. The van der Waals surface area contributed by atoms with Crippen LogP contribution in [0.4, 0.5) is 0 Å². The van der Waals surface area contributed by atoms with E-state index in [9.17, 15) is 4.89 Å². The van der Waals surface area contributed by atoms with Gasteiger partial charge in [0, 0.05) is 26.8 Å². The molecule has 0 rings (SSSR count). The zero-order valence-electron chi connectivity index (χ0n) is 14.4. The predicted octanol–water partition coefficient (Wildman–Crippen LogP) is 6.67. The summed E-state index contributed by atoms with van der Waals surface area (Å²) in [5.41, 5.74) is -2.57. The zero-order valence-corrected chi connectivity index (χ0v) is 19.0. The van der Waals surface area contributed by atoms with E-state index in [0.29, 0.717) is 6.61 Å². The molecule has 0 fully saturated rings. The first kappa shape index (κ1) is 25.8. The van der Waals surface area contributed by atoms with Gasteiger partial charge in [0.05, 0.1) is 6.61 Å². The van der Waals surface area contributed by atoms with E-state index in [4.69, 9.17) is 16.3 Å². The molecule has 0 aliphatic rings. The van der Waals surface area contributed by atoms with Crippen LogP contribution in [-0.4, -0.2) is 17.3 Å². The van der Waals surface area contributed by atoms with Crippen molar-refractivity contribution in [3.63, 3.8) is 0 Å². The Labute approximate surface area is 162 Å². The number of hydrogen-bond acceptors (Lipinski definition) is 3. The summed E-state index contributed by atoms with van der Waals surface area (Å²) in [5.74, 6) is 0.941. The second kappa shape index (κ2) is 18.9. The van der Waals surface area contributed by atoms with E-state index in [0.717, 1.165) is 18.6 Å². The van der Waals surface area contributed by atoms with Crippen LogP contribution in [0.15, 0.2) is 0 Å². The molecule has 0 amide bonds. The van der Waals surface area contributed by atoms with E-state index in [-0.39, 0.29) is 21.1 Å². The molecule has 0 aromatic heterocycles. The summed E-state index contributed by atoms with van der Waals surface area (Å²) < 4.78 is 5.53. The third kappa shape index (κ3) is 19.7. The van der Waals surface area contributed by atoms with Gasteiger partial charge in [-0.1, -0.05) is 89.4 Å². The van der Waals surface area contributed by atoms with Gasteiger partial charge in [-0.3, -0.25) is 0 Å². The molecule has 0 radical (unpaired) electrons. The van der Waals surface area contributed by atoms with Crippen molar-refractivity contribution in [3.05, 3.63) is 0 Å². The fraction of sp³-hybridized carbons (Fsp3) is 1.00. The van der Waals surface area contributed by atoms with Crippen molar-refractivity contribution >= 4 is 28.9 Å². The molecule has 0 saturated heterocycles. The SMILES string of the molecule is CCCCCCCCOP(O)(=S)SCCCCCCCC.[Mo]. The van der Waals surface area contributed by atoms with Gasteiger partial charge in [-0.05, 0) is 24.6 Å². The van der Waals surface area contributed by atoms with Gasteiger partial charge >= 0.3 is 0 Å². The molecular weight excluding hydrogens is 415 g/mol. The molecule has 6 heteroatoms. The Morgan fingerprint density at radius 1 is 0.818 bits per heavy atom. The maximum Gasteiger partial charge on any atom is 0.244 e. The molecule has 0 bridgehead atoms. The first-order chi connectivity index (χ1) is 10.1. The van der Waals surface area contributed by atoms with Crippen LogP contribution in [0.25, 0.3) is 0 Å². The molecule has 0 saturated carbocycles. The summed E-state index contributed by atoms with van der Waals surface area (Å²) >= 11 is 6.66. The standard InChI is InChI=1S/C16H35O2PS2.Mo/c1-3-5-7-9-11-13-15-18-19(17,20)21-16-14-12-10-8-6-4-2;/h3-16H2,1-2H3,(H,17,20);. The summed E-state index contributed by atoms with van der Waals surface area (Å²) in [4.78, 5) is 10.1. The predicted molar refractivity (Wildman–Crippen MR) is 102 cm³/mol. The molecule has 2 nitrogen and oxygen atoms in total. The van der Waals surface area contributed by atoms with Gasteiger partial charge in [-0.25, -0.2) is 0 Å². The molecule has 0 aromatic carbocycles. The van der Waals surface area contributed by atoms with E-state index in [1.54, 1.807) is 0 Å². The van der Waals surface area contributed by atoms with Gasteiger partial charge in [-0.15, -0.1) is 0 Å². The van der Waals surface area contributed by atoms with Crippen LogP contribution in [0, 0.1) is 0 Å². The summed E-state index contributed by atoms with van der Waals surface area (Å²) in [7, 11) is 0. The molecule has 1 N–H and O–H groups in total. The minimum Gasteiger partial charge on any atom is -0.337 e. The third-order valence-corrected chi connectivity index (χ3v) is 7.92. The molecule has 0 heterocycles. The summed E-state index contributed by atoms with van der Waals surface area (Å²) in [6, 6.07) is 0. The van der Waals surface area contributed by atoms with Crippen molar-refractivity contribution in [3.8, 4) is 0 Å². The van der Waals surface area contributed by atoms with Gasteiger partial charge in [0.15, 0.2) is 0 Å². The van der Waals surface area contributed by atoms with Gasteiger partial charge < -0.3 is 9.42 Å². The zero-order chi connectivity index (χ0) is 15.8. The van der Waals surface area contributed by atoms with Crippen LogP contribution >= 0.6 is 17.1 Å². The van der Waals surface area contributed by atoms with Crippen molar-refractivity contribution in [2.75, 3.05) is 12.4 Å². The Hall–Kier alpha value is 1.61. The first-order valence-electron chi connectivity index (χ1n) is 8.74. The molecule has 1 atom stereocenters. The average molecular weight is 451 g/mol. The van der Waals surface area contributed by atoms with Gasteiger partial charge in [0.25, 0.3) is 0 Å². The number of unbranched alkanes of at least 4 members (excludes halogenated alkanes) is 10. The van der Waals surface area contributed by atoms with E-state index < -0.39 is 5.69 Å². The van der Waals surface area contributed by atoms with E-state index in [2.05, 4.69) is 13.8 Å². The minimum atomic E-state index is -2.57. The number of rotatable bonds is 16. The van der Waals surface area contributed by atoms with E-state index >= 15 is 0 Å². The van der Waals surface area contributed by atoms with Crippen LogP contribution in [0.1, 0.15) is 90.9 Å². The Bertz CT molecular complexity index is 247. The van der Waals surface area contributed by atoms with Crippen molar-refractivity contribution < 1.29 is 30.5 Å². The summed E-state index contributed by atoms with van der Waals surface area (Å²) in [6.45, 7) is 5.09. The second-order valence-corrected chi connectivity index (χ2v) is 12.0. The molecule has 0 aliphatic heterocycles. The maximum absolute atomic E-state index is 10.1. The molecule has 22 heavy (non-hydrogen) atoms. The normalized spacial score (nSPS) is 13.6. The molecule has 0 spiro atoms.